The molecule has 0 spiro atoms. The second-order valence-electron chi connectivity index (χ2n) is 10.4. The molecule has 0 aromatic heterocycles. The van der Waals surface area contributed by atoms with Crippen molar-refractivity contribution in [3.8, 4) is 0 Å². The quantitative estimate of drug-likeness (QED) is 0.224. The van der Waals surface area contributed by atoms with E-state index in [0.29, 0.717) is 29.4 Å². The maximum atomic E-state index is 13.5. The van der Waals surface area contributed by atoms with Crippen molar-refractivity contribution >= 4 is 28.9 Å². The van der Waals surface area contributed by atoms with Crippen molar-refractivity contribution in [2.24, 2.45) is 5.92 Å². The summed E-state index contributed by atoms with van der Waals surface area (Å²) in [5, 5.41) is 0. The van der Waals surface area contributed by atoms with Crippen LogP contribution in [-0.2, 0) is 25.2 Å². The fourth-order valence-corrected chi connectivity index (χ4v) is 4.14. The molecule has 2 aromatic rings. The van der Waals surface area contributed by atoms with Crippen LogP contribution in [0.15, 0.2) is 59.7 Å². The van der Waals surface area contributed by atoms with Crippen molar-refractivity contribution in [3.05, 3.63) is 81.9 Å². The Morgan fingerprint density at radius 1 is 0.941 bits per heavy atom. The molecule has 2 aromatic carbocycles. The summed E-state index contributed by atoms with van der Waals surface area (Å²) in [6.45, 7) is 15.1. The van der Waals surface area contributed by atoms with Gasteiger partial charge < -0.3 is 0 Å². The van der Waals surface area contributed by atoms with Gasteiger partial charge in [-0.1, -0.05) is 20.8 Å². The molecule has 0 heterocycles. The Morgan fingerprint density at radius 3 is 1.88 bits per heavy atom. The van der Waals surface area contributed by atoms with E-state index >= 15 is 0 Å². The van der Waals surface area contributed by atoms with Crippen molar-refractivity contribution in [3.63, 3.8) is 0 Å². The Morgan fingerprint density at radius 2 is 1.44 bits per heavy atom. The molecule has 0 fully saturated rings. The van der Waals surface area contributed by atoms with Crippen LogP contribution in [0.25, 0.3) is 12.2 Å². The molecule has 34 heavy (non-hydrogen) atoms. The van der Waals surface area contributed by atoms with Crippen molar-refractivity contribution in [1.82, 2.24) is 0 Å². The van der Waals surface area contributed by atoms with Crippen molar-refractivity contribution in [2.45, 2.75) is 72.6 Å². The number of hydrogen-bond acceptors (Lipinski definition) is 3. The SMILES string of the molecule is CCC(=Cc1ccc(C(C)(C)C)cc1)C(=O)C(=Cc1ccc(C(C)C(C)C)cc1)CC[S-](#[O+])O. The summed E-state index contributed by atoms with van der Waals surface area (Å²) in [6.07, 6.45) is 4.65. The van der Waals surface area contributed by atoms with Crippen LogP contribution in [0.2, 0.25) is 0 Å². The molecule has 0 bridgehead atoms. The van der Waals surface area contributed by atoms with Crippen LogP contribution >= 0.6 is 0 Å². The molecule has 0 aliphatic rings. The number of ketones is 1. The zero-order chi connectivity index (χ0) is 25.5. The third kappa shape index (κ3) is 8.26. The van der Waals surface area contributed by atoms with Gasteiger partial charge >= 0.3 is 188 Å². The van der Waals surface area contributed by atoms with Gasteiger partial charge in [-0.05, 0) is 0 Å². The molecule has 0 saturated heterocycles. The van der Waals surface area contributed by atoms with E-state index in [4.69, 9.17) is 0 Å². The Bertz CT molecular complexity index is 1090. The third-order valence-corrected chi connectivity index (χ3v) is 6.98. The Kier molecular flexibility index (Phi) is 10.4. The van der Waals surface area contributed by atoms with Crippen LogP contribution in [0.3, 0.4) is 0 Å². The summed E-state index contributed by atoms with van der Waals surface area (Å²) < 4.78 is 20.7. The number of hydrogen-bond donors (Lipinski definition) is 1. The number of benzene rings is 2. The monoisotopic (exact) mass is 480 g/mol. The molecule has 2 rings (SSSR count). The second-order valence-corrected chi connectivity index (χ2v) is 11.4. The fourth-order valence-electron chi connectivity index (χ4n) is 3.75. The Balaban J connectivity index is 2.37. The standard InChI is InChI=1S/C30H40O3S/c1-8-25(19-24-11-15-28(16-12-24)30(5,6)7)29(31)27(17-18-34(32)33)20-23-9-13-26(14-10-23)22(4)21(2)3/h9-16,19-22,32H,8,17-18H2,1-7H3. The fraction of sp³-hybridized carbons (Fsp3) is 0.433. The molecule has 0 amide bonds. The number of Topliss-reactive ketones (excluding diaryl/α,β-unsaturated/α-hetero) is 1. The van der Waals surface area contributed by atoms with Crippen LogP contribution < -0.4 is 0 Å². The van der Waals surface area contributed by atoms with Crippen molar-refractivity contribution in [1.29, 1.82) is 0 Å². The van der Waals surface area contributed by atoms with Crippen molar-refractivity contribution < 1.29 is 13.4 Å². The van der Waals surface area contributed by atoms with Gasteiger partial charge in [0.05, 0.1) is 0 Å². The van der Waals surface area contributed by atoms with Gasteiger partial charge in [0, 0.05) is 0 Å². The molecule has 4 heteroatoms. The normalized spacial score (nSPS) is 14.0. The molecule has 1 atom stereocenters. The minimum absolute atomic E-state index is 0.0390. The Hall–Kier alpha value is -2.14. The maximum absolute atomic E-state index is 13.5. The summed E-state index contributed by atoms with van der Waals surface area (Å²) >= 11 is 0. The molecular formula is C30H40O3S. The van der Waals surface area contributed by atoms with Crippen LogP contribution in [0, 0.1) is 5.92 Å². The molecule has 0 saturated carbocycles. The second kappa shape index (κ2) is 12.5. The summed E-state index contributed by atoms with van der Waals surface area (Å²) in [4.78, 5) is 13.5. The van der Waals surface area contributed by atoms with E-state index in [1.807, 2.05) is 43.3 Å². The van der Waals surface area contributed by atoms with Gasteiger partial charge in [-0.25, -0.2) is 0 Å². The molecule has 184 valence electrons. The number of allylic oxidation sites excluding steroid dienone is 2. The first-order valence-electron chi connectivity index (χ1n) is 12.2. The molecule has 0 aliphatic carbocycles. The first-order chi connectivity index (χ1) is 15.9. The molecule has 0 aliphatic heterocycles. The van der Waals surface area contributed by atoms with Gasteiger partial charge in [0.15, 0.2) is 0 Å². The van der Waals surface area contributed by atoms with Gasteiger partial charge in [0.25, 0.3) is 0 Å². The number of carbonyl (C=O) groups excluding carboxylic acids is 1. The van der Waals surface area contributed by atoms with Crippen LogP contribution in [0.4, 0.5) is 0 Å². The summed E-state index contributed by atoms with van der Waals surface area (Å²) in [6, 6.07) is 16.6. The summed E-state index contributed by atoms with van der Waals surface area (Å²) in [5.41, 5.74) is 5.76. The van der Waals surface area contributed by atoms with Crippen molar-refractivity contribution in [2.75, 3.05) is 5.75 Å². The first kappa shape index (κ1) is 28.1. The minimum atomic E-state index is -1.95. The van der Waals surface area contributed by atoms with E-state index in [2.05, 4.69) is 65.8 Å². The molecule has 1 unspecified atom stereocenters. The van der Waals surface area contributed by atoms with Gasteiger partial charge in [-0.3, -0.25) is 0 Å². The van der Waals surface area contributed by atoms with E-state index in [9.17, 15) is 13.4 Å². The zero-order valence-corrected chi connectivity index (χ0v) is 22.5. The van der Waals surface area contributed by atoms with Gasteiger partial charge in [0.2, 0.25) is 0 Å². The predicted octanol–water partition coefficient (Wildman–Crippen LogP) is 8.02. The number of carbonyl (C=O) groups is 1. The van der Waals surface area contributed by atoms with E-state index in [1.54, 1.807) is 0 Å². The topological polar surface area (TPSA) is 57.2 Å². The number of rotatable bonds is 9. The average molecular weight is 481 g/mol. The van der Waals surface area contributed by atoms with E-state index < -0.39 is 10.9 Å². The van der Waals surface area contributed by atoms with Gasteiger partial charge in [-0.15, -0.1) is 0 Å². The molecule has 3 nitrogen and oxygen atoms in total. The van der Waals surface area contributed by atoms with Gasteiger partial charge in [0.1, 0.15) is 0 Å². The van der Waals surface area contributed by atoms with Gasteiger partial charge in [-0.2, -0.15) is 0 Å². The average Bonchev–Trinajstić information content (AvgIpc) is 2.79. The Labute approximate surface area is 208 Å². The van der Waals surface area contributed by atoms with E-state index in [-0.39, 0.29) is 23.4 Å². The summed E-state index contributed by atoms with van der Waals surface area (Å²) in [7, 11) is -1.95. The van der Waals surface area contributed by atoms with Crippen LogP contribution in [0.1, 0.15) is 89.5 Å². The zero-order valence-electron chi connectivity index (χ0n) is 21.7. The van der Waals surface area contributed by atoms with Crippen LogP contribution in [-0.4, -0.2) is 16.1 Å². The molecular weight excluding hydrogens is 440 g/mol. The molecule has 0 radical (unpaired) electrons. The third-order valence-electron chi connectivity index (χ3n) is 6.43. The summed E-state index contributed by atoms with van der Waals surface area (Å²) in [5.74, 6) is 0.979. The van der Waals surface area contributed by atoms with E-state index in [0.717, 1.165) is 11.1 Å². The van der Waals surface area contributed by atoms with E-state index in [1.165, 1.54) is 11.1 Å². The molecule has 1 N–H and O–H groups in total. The van der Waals surface area contributed by atoms with Crippen LogP contribution in [0.5, 0.6) is 0 Å². The first-order valence-corrected chi connectivity index (χ1v) is 13.4. The predicted molar refractivity (Wildman–Crippen MR) is 146 cm³/mol.